The predicted octanol–water partition coefficient (Wildman–Crippen LogP) is 5.55. The van der Waals surface area contributed by atoms with Crippen molar-refractivity contribution in [3.05, 3.63) is 71.5 Å². The topological polar surface area (TPSA) is 30.2 Å². The van der Waals surface area contributed by atoms with Crippen molar-refractivity contribution in [3.63, 3.8) is 0 Å². The minimum absolute atomic E-state index is 0.708. The molecular weight excluding hydrogens is 382 g/mol. The first-order valence-corrected chi connectivity index (χ1v) is 9.51. The van der Waals surface area contributed by atoms with Crippen LogP contribution in [-0.4, -0.2) is 20.6 Å². The Hall–Kier alpha value is -2.11. The number of imidazole rings is 1. The molecule has 0 atom stereocenters. The van der Waals surface area contributed by atoms with Crippen molar-refractivity contribution < 1.29 is 0 Å². The van der Waals surface area contributed by atoms with Crippen molar-refractivity contribution in [2.24, 2.45) is 0 Å². The van der Waals surface area contributed by atoms with E-state index in [9.17, 15) is 0 Å². The number of hydrogen-bond acceptors (Lipinski definition) is 3. The van der Waals surface area contributed by atoms with Crippen LogP contribution in [0.5, 0.6) is 0 Å². The molecule has 0 radical (unpaired) electrons. The summed E-state index contributed by atoms with van der Waals surface area (Å²) in [5.41, 5.74) is 4.21. The van der Waals surface area contributed by atoms with E-state index in [0.29, 0.717) is 5.78 Å². The van der Waals surface area contributed by atoms with Gasteiger partial charge in [-0.05, 0) is 36.6 Å². The van der Waals surface area contributed by atoms with Gasteiger partial charge in [-0.3, -0.25) is 4.40 Å². The van der Waals surface area contributed by atoms with Gasteiger partial charge in [0.2, 0.25) is 5.78 Å². The lowest BCUT2D eigenvalue weighted by molar-refractivity contribution is 1.11. The smallest absolute Gasteiger partial charge is 0.234 e. The van der Waals surface area contributed by atoms with E-state index in [0.717, 1.165) is 27.0 Å². The zero-order chi connectivity index (χ0) is 16.5. The van der Waals surface area contributed by atoms with Crippen LogP contribution in [0.4, 0.5) is 0 Å². The molecule has 118 valence electrons. The fraction of sp³-hybridized carbons (Fsp3) is 0.0526. The fourth-order valence-electron chi connectivity index (χ4n) is 2.72. The molecular formula is C19H14BrN3S. The molecule has 0 saturated heterocycles. The summed E-state index contributed by atoms with van der Waals surface area (Å²) in [5.74, 6) is 0.708. The Balaban J connectivity index is 1.97. The van der Waals surface area contributed by atoms with Crippen molar-refractivity contribution in [3.8, 4) is 22.5 Å². The van der Waals surface area contributed by atoms with Gasteiger partial charge < -0.3 is 0 Å². The molecule has 0 bridgehead atoms. The van der Waals surface area contributed by atoms with Crippen LogP contribution < -0.4 is 0 Å². The minimum Gasteiger partial charge on any atom is -0.283 e. The van der Waals surface area contributed by atoms with Gasteiger partial charge in [-0.25, -0.2) is 9.97 Å². The lowest BCUT2D eigenvalue weighted by Crippen LogP contribution is -1.90. The van der Waals surface area contributed by atoms with Gasteiger partial charge >= 0.3 is 0 Å². The van der Waals surface area contributed by atoms with Gasteiger partial charge in [0.25, 0.3) is 0 Å². The monoisotopic (exact) mass is 395 g/mol. The molecule has 0 saturated carbocycles. The van der Waals surface area contributed by atoms with E-state index < -0.39 is 0 Å². The second-order valence-corrected chi connectivity index (χ2v) is 7.13. The normalized spacial score (nSPS) is 11.1. The van der Waals surface area contributed by atoms with Crippen molar-refractivity contribution in [1.82, 2.24) is 14.4 Å². The zero-order valence-corrected chi connectivity index (χ0v) is 15.4. The van der Waals surface area contributed by atoms with Gasteiger partial charge in [0.15, 0.2) is 0 Å². The van der Waals surface area contributed by atoms with Crippen LogP contribution in [0.2, 0.25) is 0 Å². The first-order valence-electron chi connectivity index (χ1n) is 7.50. The van der Waals surface area contributed by atoms with Crippen LogP contribution in [0.3, 0.4) is 0 Å². The van der Waals surface area contributed by atoms with E-state index in [2.05, 4.69) is 63.6 Å². The molecule has 0 aliphatic heterocycles. The van der Waals surface area contributed by atoms with Crippen LogP contribution in [-0.2, 0) is 0 Å². The highest BCUT2D eigenvalue weighted by molar-refractivity contribution is 9.10. The molecule has 24 heavy (non-hydrogen) atoms. The lowest BCUT2D eigenvalue weighted by Gasteiger charge is -2.06. The van der Waals surface area contributed by atoms with Gasteiger partial charge in [-0.15, -0.1) is 11.8 Å². The quantitative estimate of drug-likeness (QED) is 0.426. The maximum atomic E-state index is 4.76. The summed E-state index contributed by atoms with van der Waals surface area (Å²) in [6, 6.07) is 18.7. The molecule has 2 heterocycles. The molecule has 0 N–H and O–H groups in total. The second kappa shape index (κ2) is 6.42. The van der Waals surface area contributed by atoms with E-state index in [4.69, 9.17) is 4.98 Å². The maximum absolute atomic E-state index is 4.76. The molecule has 0 unspecified atom stereocenters. The van der Waals surface area contributed by atoms with Crippen LogP contribution in [0.15, 0.2) is 76.4 Å². The van der Waals surface area contributed by atoms with Gasteiger partial charge in [-0.2, -0.15) is 0 Å². The summed E-state index contributed by atoms with van der Waals surface area (Å²) in [5, 5.41) is 0. The number of rotatable bonds is 3. The highest BCUT2D eigenvalue weighted by Gasteiger charge is 2.16. The molecule has 0 fully saturated rings. The Kier molecular flexibility index (Phi) is 4.12. The molecule has 0 aliphatic carbocycles. The molecule has 3 nitrogen and oxygen atoms in total. The largest absolute Gasteiger partial charge is 0.283 e. The Morgan fingerprint density at radius 3 is 2.38 bits per heavy atom. The Morgan fingerprint density at radius 1 is 0.958 bits per heavy atom. The van der Waals surface area contributed by atoms with Crippen molar-refractivity contribution in [1.29, 1.82) is 0 Å². The first kappa shape index (κ1) is 15.4. The summed E-state index contributed by atoms with van der Waals surface area (Å²) in [6.07, 6.45) is 5.87. The maximum Gasteiger partial charge on any atom is 0.234 e. The molecule has 5 heteroatoms. The molecule has 0 aliphatic rings. The third kappa shape index (κ3) is 2.74. The SMILES string of the molecule is CSc1ccc(-c2c(-c3ccc(Br)cc3)nc3ncccn23)cc1. The number of hydrogen-bond donors (Lipinski definition) is 0. The van der Waals surface area contributed by atoms with Gasteiger partial charge in [0.05, 0.1) is 11.4 Å². The molecule has 4 rings (SSSR count). The van der Waals surface area contributed by atoms with Crippen LogP contribution in [0.1, 0.15) is 0 Å². The van der Waals surface area contributed by atoms with Crippen molar-refractivity contribution in [2.75, 3.05) is 6.26 Å². The van der Waals surface area contributed by atoms with E-state index >= 15 is 0 Å². The average molecular weight is 396 g/mol. The fourth-order valence-corrected chi connectivity index (χ4v) is 3.39. The number of aromatic nitrogens is 3. The van der Waals surface area contributed by atoms with Crippen LogP contribution in [0.25, 0.3) is 28.3 Å². The van der Waals surface area contributed by atoms with Crippen LogP contribution in [0, 0.1) is 0 Å². The summed E-state index contributed by atoms with van der Waals surface area (Å²) in [6.45, 7) is 0. The summed E-state index contributed by atoms with van der Waals surface area (Å²) >= 11 is 5.23. The van der Waals surface area contributed by atoms with Crippen molar-refractivity contribution >= 4 is 33.5 Å². The number of benzene rings is 2. The highest BCUT2D eigenvalue weighted by Crippen LogP contribution is 2.33. The third-order valence-corrected chi connectivity index (χ3v) is 5.16. The molecule has 0 spiro atoms. The average Bonchev–Trinajstić information content (AvgIpc) is 3.02. The second-order valence-electron chi connectivity index (χ2n) is 5.33. The molecule has 2 aromatic heterocycles. The summed E-state index contributed by atoms with van der Waals surface area (Å²) in [7, 11) is 0. The first-order chi connectivity index (χ1) is 11.8. The molecule has 4 aromatic rings. The number of nitrogens with zero attached hydrogens (tertiary/aromatic N) is 3. The van der Waals surface area contributed by atoms with Gasteiger partial charge in [0, 0.05) is 32.9 Å². The number of halogens is 1. The summed E-state index contributed by atoms with van der Waals surface area (Å²) in [4.78, 5) is 10.4. The molecule has 2 aromatic carbocycles. The minimum atomic E-state index is 0.708. The third-order valence-electron chi connectivity index (χ3n) is 3.88. The molecule has 0 amide bonds. The lowest BCUT2D eigenvalue weighted by atomic mass is 10.1. The van der Waals surface area contributed by atoms with Crippen LogP contribution >= 0.6 is 27.7 Å². The number of thioether (sulfide) groups is 1. The highest BCUT2D eigenvalue weighted by atomic mass is 79.9. The Bertz CT molecular complexity index is 991. The predicted molar refractivity (Wildman–Crippen MR) is 103 cm³/mol. The zero-order valence-electron chi connectivity index (χ0n) is 13.0. The van der Waals surface area contributed by atoms with E-state index in [1.165, 1.54) is 4.90 Å². The Morgan fingerprint density at radius 2 is 1.67 bits per heavy atom. The van der Waals surface area contributed by atoms with Gasteiger partial charge in [0.1, 0.15) is 0 Å². The number of fused-ring (bicyclic) bond motifs is 1. The summed E-state index contributed by atoms with van der Waals surface area (Å²) < 4.78 is 3.10. The van der Waals surface area contributed by atoms with E-state index in [-0.39, 0.29) is 0 Å². The van der Waals surface area contributed by atoms with E-state index in [1.807, 2.05) is 28.8 Å². The van der Waals surface area contributed by atoms with Crippen molar-refractivity contribution in [2.45, 2.75) is 4.90 Å². The Labute approximate surface area is 152 Å². The van der Waals surface area contributed by atoms with Gasteiger partial charge in [-0.1, -0.05) is 40.2 Å². The van der Waals surface area contributed by atoms with E-state index in [1.54, 1.807) is 18.0 Å². The standard InChI is InChI=1S/C19H14BrN3S/c1-24-16-9-5-14(6-10-16)18-17(13-3-7-15(20)8-4-13)22-19-21-11-2-12-23(18)19/h2-12H,1H3.